The first kappa shape index (κ1) is 18.1. The third kappa shape index (κ3) is 3.94. The summed E-state index contributed by atoms with van der Waals surface area (Å²) in [6, 6.07) is 7.73. The molecule has 0 atom stereocenters. The molecule has 0 bridgehead atoms. The number of fused-ring (bicyclic) bond motifs is 1. The molecule has 4 heteroatoms. The minimum absolute atomic E-state index is 0.0786. The van der Waals surface area contributed by atoms with Crippen molar-refractivity contribution >= 4 is 5.97 Å². The maximum absolute atomic E-state index is 11.5. The van der Waals surface area contributed by atoms with Crippen molar-refractivity contribution in [1.29, 1.82) is 0 Å². The van der Waals surface area contributed by atoms with Gasteiger partial charge in [0, 0.05) is 11.1 Å². The van der Waals surface area contributed by atoms with Crippen LogP contribution >= 0.6 is 0 Å². The van der Waals surface area contributed by atoms with Crippen LogP contribution in [0, 0.1) is 18.8 Å². The molecule has 0 amide bonds. The Kier molecular flexibility index (Phi) is 5.08. The average Bonchev–Trinajstić information content (AvgIpc) is 3.00. The Hall–Kier alpha value is -2.67. The Morgan fingerprint density at radius 3 is 2.85 bits per heavy atom. The minimum Gasteiger partial charge on any atom is -0.493 e. The molecule has 136 valence electrons. The van der Waals surface area contributed by atoms with Crippen LogP contribution in [0.15, 0.2) is 28.7 Å². The summed E-state index contributed by atoms with van der Waals surface area (Å²) >= 11 is 0. The van der Waals surface area contributed by atoms with Gasteiger partial charge in [-0.05, 0) is 61.4 Å². The maximum atomic E-state index is 11.5. The van der Waals surface area contributed by atoms with Gasteiger partial charge in [-0.15, -0.1) is 0 Å². The highest BCUT2D eigenvalue weighted by molar-refractivity contribution is 5.71. The van der Waals surface area contributed by atoms with Crippen LogP contribution in [0.25, 0.3) is 0 Å². The highest BCUT2D eigenvalue weighted by atomic mass is 16.5. The number of carbonyl (C=O) groups excluding carboxylic acids is 1. The zero-order valence-corrected chi connectivity index (χ0v) is 15.8. The first-order valence-corrected chi connectivity index (χ1v) is 8.93. The van der Waals surface area contributed by atoms with Gasteiger partial charge in [0.2, 0.25) is 0 Å². The molecule has 0 unspecified atom stereocenters. The van der Waals surface area contributed by atoms with E-state index in [4.69, 9.17) is 13.9 Å². The van der Waals surface area contributed by atoms with Crippen LogP contribution in [0.4, 0.5) is 0 Å². The van der Waals surface area contributed by atoms with E-state index in [-0.39, 0.29) is 17.8 Å². The SMILES string of the molecule is CCOC(=O)Cc1ccc(C#Cc2cc3c(cc2C)OCCC3(C)C)o1. The van der Waals surface area contributed by atoms with Gasteiger partial charge in [0.05, 0.1) is 13.2 Å². The van der Waals surface area contributed by atoms with Crippen LogP contribution in [-0.4, -0.2) is 19.2 Å². The minimum atomic E-state index is -0.297. The van der Waals surface area contributed by atoms with Gasteiger partial charge >= 0.3 is 5.97 Å². The van der Waals surface area contributed by atoms with Crippen molar-refractivity contribution in [2.45, 2.75) is 46.0 Å². The molecule has 2 aromatic rings. The zero-order chi connectivity index (χ0) is 18.7. The summed E-state index contributed by atoms with van der Waals surface area (Å²) in [6.07, 6.45) is 1.12. The number of esters is 1. The number of rotatable bonds is 3. The zero-order valence-electron chi connectivity index (χ0n) is 15.8. The van der Waals surface area contributed by atoms with Crippen molar-refractivity contribution in [2.24, 2.45) is 0 Å². The number of hydrogen-bond donors (Lipinski definition) is 0. The third-order valence-electron chi connectivity index (χ3n) is 4.65. The molecule has 4 nitrogen and oxygen atoms in total. The van der Waals surface area contributed by atoms with Gasteiger partial charge in [-0.1, -0.05) is 19.8 Å². The lowest BCUT2D eigenvalue weighted by atomic mass is 9.78. The van der Waals surface area contributed by atoms with Crippen LogP contribution in [0.1, 0.15) is 55.4 Å². The predicted octanol–water partition coefficient (Wildman–Crippen LogP) is 4.15. The average molecular weight is 352 g/mol. The molecule has 0 saturated heterocycles. The highest BCUT2D eigenvalue weighted by Crippen LogP contribution is 2.39. The van der Waals surface area contributed by atoms with Crippen molar-refractivity contribution in [2.75, 3.05) is 13.2 Å². The summed E-state index contributed by atoms with van der Waals surface area (Å²) in [5.41, 5.74) is 3.31. The Balaban J connectivity index is 1.83. The molecule has 0 spiro atoms. The number of benzene rings is 1. The molecule has 0 aliphatic carbocycles. The number of hydrogen-bond acceptors (Lipinski definition) is 4. The molecular weight excluding hydrogens is 328 g/mol. The summed E-state index contributed by atoms with van der Waals surface area (Å²) in [4.78, 5) is 11.5. The molecule has 1 aromatic heterocycles. The van der Waals surface area contributed by atoms with Crippen LogP contribution in [-0.2, 0) is 21.4 Å². The molecular formula is C22H24O4. The quantitative estimate of drug-likeness (QED) is 0.615. The van der Waals surface area contributed by atoms with Crippen LogP contribution in [0.3, 0.4) is 0 Å². The standard InChI is InChI=1S/C22H24O4/c1-5-24-21(23)14-18-9-8-17(26-18)7-6-16-13-19-20(12-15(16)2)25-11-10-22(19,3)4/h8-9,12-13H,5,10-11,14H2,1-4H3. The van der Waals surface area contributed by atoms with Crippen LogP contribution < -0.4 is 4.74 Å². The van der Waals surface area contributed by atoms with Gasteiger partial charge in [-0.2, -0.15) is 0 Å². The number of aryl methyl sites for hydroxylation is 1. The van der Waals surface area contributed by atoms with Crippen LogP contribution in [0.5, 0.6) is 5.75 Å². The summed E-state index contributed by atoms with van der Waals surface area (Å²) in [5.74, 6) is 8.00. The normalized spacial score (nSPS) is 14.6. The molecule has 2 heterocycles. The number of ether oxygens (including phenoxy) is 2. The summed E-state index contributed by atoms with van der Waals surface area (Å²) < 4.78 is 16.3. The lowest BCUT2D eigenvalue weighted by Gasteiger charge is -2.32. The molecule has 0 radical (unpaired) electrons. The molecule has 1 aliphatic rings. The lowest BCUT2D eigenvalue weighted by Crippen LogP contribution is -2.26. The van der Waals surface area contributed by atoms with E-state index in [9.17, 15) is 4.79 Å². The molecule has 0 fully saturated rings. The van der Waals surface area contributed by atoms with E-state index in [1.807, 2.05) is 6.92 Å². The van der Waals surface area contributed by atoms with E-state index in [2.05, 4.69) is 37.8 Å². The van der Waals surface area contributed by atoms with Gasteiger partial charge in [0.1, 0.15) is 17.9 Å². The van der Waals surface area contributed by atoms with Crippen molar-refractivity contribution in [1.82, 2.24) is 0 Å². The maximum Gasteiger partial charge on any atom is 0.313 e. The van der Waals surface area contributed by atoms with E-state index < -0.39 is 0 Å². The Bertz CT molecular complexity index is 877. The third-order valence-corrected chi connectivity index (χ3v) is 4.65. The Morgan fingerprint density at radius 1 is 1.27 bits per heavy atom. The molecule has 0 saturated carbocycles. The molecule has 1 aromatic carbocycles. The lowest BCUT2D eigenvalue weighted by molar-refractivity contribution is -0.142. The fourth-order valence-electron chi connectivity index (χ4n) is 3.04. The van der Waals surface area contributed by atoms with E-state index >= 15 is 0 Å². The van der Waals surface area contributed by atoms with E-state index in [0.717, 1.165) is 29.9 Å². The number of carbonyl (C=O) groups is 1. The fourth-order valence-corrected chi connectivity index (χ4v) is 3.04. The largest absolute Gasteiger partial charge is 0.493 e. The van der Waals surface area contributed by atoms with Gasteiger partial charge < -0.3 is 13.9 Å². The smallest absolute Gasteiger partial charge is 0.313 e. The van der Waals surface area contributed by atoms with Crippen molar-refractivity contribution < 1.29 is 18.7 Å². The molecule has 26 heavy (non-hydrogen) atoms. The second kappa shape index (κ2) is 7.29. The second-order valence-corrected chi connectivity index (χ2v) is 7.14. The Labute approximate surface area is 154 Å². The molecule has 0 N–H and O–H groups in total. The van der Waals surface area contributed by atoms with E-state index in [1.54, 1.807) is 19.1 Å². The van der Waals surface area contributed by atoms with Crippen molar-refractivity contribution in [3.63, 3.8) is 0 Å². The molecule has 1 aliphatic heterocycles. The van der Waals surface area contributed by atoms with Gasteiger partial charge in [0.25, 0.3) is 0 Å². The topological polar surface area (TPSA) is 48.7 Å². The summed E-state index contributed by atoms with van der Waals surface area (Å²) in [5, 5.41) is 0. The number of furan rings is 1. The first-order valence-electron chi connectivity index (χ1n) is 8.93. The first-order chi connectivity index (χ1) is 12.4. The van der Waals surface area contributed by atoms with Crippen LogP contribution in [0.2, 0.25) is 0 Å². The second-order valence-electron chi connectivity index (χ2n) is 7.14. The van der Waals surface area contributed by atoms with Crippen molar-refractivity contribution in [3.8, 4) is 17.6 Å². The van der Waals surface area contributed by atoms with E-state index in [0.29, 0.717) is 18.1 Å². The Morgan fingerprint density at radius 2 is 2.08 bits per heavy atom. The summed E-state index contributed by atoms with van der Waals surface area (Å²) in [6.45, 7) is 9.39. The summed E-state index contributed by atoms with van der Waals surface area (Å²) in [7, 11) is 0. The van der Waals surface area contributed by atoms with Gasteiger partial charge in [0.15, 0.2) is 5.76 Å². The molecule has 3 rings (SSSR count). The highest BCUT2D eigenvalue weighted by Gasteiger charge is 2.29. The van der Waals surface area contributed by atoms with E-state index in [1.165, 1.54) is 5.56 Å². The van der Waals surface area contributed by atoms with Gasteiger partial charge in [-0.3, -0.25) is 4.79 Å². The monoisotopic (exact) mass is 352 g/mol. The predicted molar refractivity (Wildman–Crippen MR) is 99.3 cm³/mol. The fraction of sp³-hybridized carbons (Fsp3) is 0.409. The van der Waals surface area contributed by atoms with Gasteiger partial charge in [-0.25, -0.2) is 0 Å². The van der Waals surface area contributed by atoms with Crippen molar-refractivity contribution in [3.05, 3.63) is 52.5 Å².